The Morgan fingerprint density at radius 1 is 1.42 bits per heavy atom. The minimum absolute atomic E-state index is 0.0625. The second-order valence-electron chi connectivity index (χ2n) is 4.67. The first kappa shape index (κ1) is 15.4. The Balaban J connectivity index is 3.00. The van der Waals surface area contributed by atoms with Crippen molar-refractivity contribution in [2.45, 2.75) is 39.3 Å². The van der Waals surface area contributed by atoms with Crippen molar-refractivity contribution in [3.63, 3.8) is 0 Å². The van der Waals surface area contributed by atoms with Gasteiger partial charge in [-0.25, -0.2) is 4.39 Å². The second kappa shape index (κ2) is 7.09. The van der Waals surface area contributed by atoms with Gasteiger partial charge in [0, 0.05) is 18.2 Å². The Morgan fingerprint density at radius 2 is 2.05 bits per heavy atom. The molecule has 1 rings (SSSR count). The molecule has 0 bridgehead atoms. The standard InChI is InChI=1S/C14H22FN3O/c1-4-12(5-2)18(3)9-10-6-7-11(15)8-13(10)14(16)17-19/h6-8,12,19H,4-5,9H2,1-3H3,(H2,16,17). The zero-order valence-electron chi connectivity index (χ0n) is 11.7. The summed E-state index contributed by atoms with van der Waals surface area (Å²) in [6.45, 7) is 4.91. The quantitative estimate of drug-likeness (QED) is 0.360. The summed E-state index contributed by atoms with van der Waals surface area (Å²) in [5.41, 5.74) is 6.89. The van der Waals surface area contributed by atoms with Crippen LogP contribution in [0.1, 0.15) is 37.8 Å². The van der Waals surface area contributed by atoms with Crippen LogP contribution in [0.25, 0.3) is 0 Å². The monoisotopic (exact) mass is 267 g/mol. The third-order valence-corrected chi connectivity index (χ3v) is 3.44. The largest absolute Gasteiger partial charge is 0.409 e. The van der Waals surface area contributed by atoms with E-state index in [4.69, 9.17) is 10.9 Å². The highest BCUT2D eigenvalue weighted by molar-refractivity contribution is 5.98. The van der Waals surface area contributed by atoms with Gasteiger partial charge in [0.1, 0.15) is 5.82 Å². The van der Waals surface area contributed by atoms with Crippen LogP contribution in [0.5, 0.6) is 0 Å². The van der Waals surface area contributed by atoms with E-state index >= 15 is 0 Å². The summed E-state index contributed by atoms with van der Waals surface area (Å²) >= 11 is 0. The van der Waals surface area contributed by atoms with E-state index in [-0.39, 0.29) is 5.84 Å². The van der Waals surface area contributed by atoms with Crippen LogP contribution in [0.3, 0.4) is 0 Å². The maximum Gasteiger partial charge on any atom is 0.170 e. The van der Waals surface area contributed by atoms with Crippen LogP contribution in [-0.2, 0) is 6.54 Å². The molecular formula is C14H22FN3O. The lowest BCUT2D eigenvalue weighted by Crippen LogP contribution is -2.31. The lowest BCUT2D eigenvalue weighted by Gasteiger charge is -2.26. The summed E-state index contributed by atoms with van der Waals surface area (Å²) in [5, 5.41) is 11.7. The molecular weight excluding hydrogens is 245 g/mol. The summed E-state index contributed by atoms with van der Waals surface area (Å²) in [6.07, 6.45) is 2.10. The summed E-state index contributed by atoms with van der Waals surface area (Å²) in [6, 6.07) is 4.84. The molecule has 0 unspecified atom stereocenters. The van der Waals surface area contributed by atoms with Crippen molar-refractivity contribution in [1.82, 2.24) is 4.90 Å². The first-order valence-corrected chi connectivity index (χ1v) is 6.50. The molecule has 19 heavy (non-hydrogen) atoms. The van der Waals surface area contributed by atoms with Gasteiger partial charge in [-0.2, -0.15) is 0 Å². The maximum atomic E-state index is 13.3. The number of nitrogens with zero attached hydrogens (tertiary/aromatic N) is 2. The Morgan fingerprint density at radius 3 is 2.58 bits per heavy atom. The van der Waals surface area contributed by atoms with Gasteiger partial charge in [0.05, 0.1) is 0 Å². The molecule has 0 saturated carbocycles. The van der Waals surface area contributed by atoms with Gasteiger partial charge < -0.3 is 10.9 Å². The molecule has 3 N–H and O–H groups in total. The number of rotatable bonds is 6. The fraction of sp³-hybridized carbons (Fsp3) is 0.500. The Kier molecular flexibility index (Phi) is 5.76. The van der Waals surface area contributed by atoms with Gasteiger partial charge in [-0.1, -0.05) is 25.1 Å². The molecule has 1 aromatic carbocycles. The van der Waals surface area contributed by atoms with Gasteiger partial charge in [-0.3, -0.25) is 4.90 Å². The molecule has 0 amide bonds. The molecule has 0 aliphatic heterocycles. The molecule has 0 heterocycles. The van der Waals surface area contributed by atoms with E-state index in [1.165, 1.54) is 12.1 Å². The summed E-state index contributed by atoms with van der Waals surface area (Å²) in [7, 11) is 2.02. The molecule has 0 spiro atoms. The molecule has 0 fully saturated rings. The number of benzene rings is 1. The van der Waals surface area contributed by atoms with Gasteiger partial charge in [-0.05, 0) is 37.6 Å². The lowest BCUT2D eigenvalue weighted by molar-refractivity contribution is 0.221. The SMILES string of the molecule is CCC(CC)N(C)Cc1ccc(F)cc1C(N)=NO. The summed E-state index contributed by atoms with van der Waals surface area (Å²) < 4.78 is 13.3. The van der Waals surface area contributed by atoms with Gasteiger partial charge in [0.25, 0.3) is 0 Å². The molecule has 1 aromatic rings. The predicted octanol–water partition coefficient (Wildman–Crippen LogP) is 2.54. The van der Waals surface area contributed by atoms with Crippen LogP contribution >= 0.6 is 0 Å². The van der Waals surface area contributed by atoms with Crippen molar-refractivity contribution in [2.75, 3.05) is 7.05 Å². The molecule has 0 saturated heterocycles. The highest BCUT2D eigenvalue weighted by atomic mass is 19.1. The molecule has 106 valence electrons. The first-order valence-electron chi connectivity index (χ1n) is 6.50. The summed E-state index contributed by atoms with van der Waals surface area (Å²) in [4.78, 5) is 2.20. The van der Waals surface area contributed by atoms with E-state index in [0.29, 0.717) is 18.2 Å². The predicted molar refractivity (Wildman–Crippen MR) is 74.7 cm³/mol. The van der Waals surface area contributed by atoms with Gasteiger partial charge >= 0.3 is 0 Å². The number of halogens is 1. The Labute approximate surface area is 113 Å². The second-order valence-corrected chi connectivity index (χ2v) is 4.67. The van der Waals surface area contributed by atoms with E-state index in [1.54, 1.807) is 6.07 Å². The fourth-order valence-corrected chi connectivity index (χ4v) is 2.29. The van der Waals surface area contributed by atoms with Gasteiger partial charge in [0.2, 0.25) is 0 Å². The van der Waals surface area contributed by atoms with Crippen molar-refractivity contribution in [1.29, 1.82) is 0 Å². The highest BCUT2D eigenvalue weighted by Crippen LogP contribution is 2.16. The third-order valence-electron chi connectivity index (χ3n) is 3.44. The van der Waals surface area contributed by atoms with Crippen molar-refractivity contribution >= 4 is 5.84 Å². The van der Waals surface area contributed by atoms with E-state index < -0.39 is 5.82 Å². The molecule has 0 aliphatic carbocycles. The van der Waals surface area contributed by atoms with Gasteiger partial charge in [0.15, 0.2) is 5.84 Å². The van der Waals surface area contributed by atoms with Crippen LogP contribution in [0, 0.1) is 5.82 Å². The van der Waals surface area contributed by atoms with Crippen LogP contribution in [0.2, 0.25) is 0 Å². The molecule has 0 aliphatic rings. The van der Waals surface area contributed by atoms with Crippen LogP contribution < -0.4 is 5.73 Å². The first-order chi connectivity index (χ1) is 9.03. The number of nitrogens with two attached hydrogens (primary N) is 1. The summed E-state index contributed by atoms with van der Waals surface area (Å²) in [5.74, 6) is -0.456. The van der Waals surface area contributed by atoms with Crippen LogP contribution in [0.15, 0.2) is 23.4 Å². The Bertz CT molecular complexity index is 444. The van der Waals surface area contributed by atoms with Crippen molar-refractivity contribution in [3.8, 4) is 0 Å². The molecule has 0 atom stereocenters. The van der Waals surface area contributed by atoms with Crippen molar-refractivity contribution in [2.24, 2.45) is 10.9 Å². The molecule has 4 nitrogen and oxygen atoms in total. The van der Waals surface area contributed by atoms with Crippen molar-refractivity contribution in [3.05, 3.63) is 35.1 Å². The van der Waals surface area contributed by atoms with E-state index in [0.717, 1.165) is 18.4 Å². The minimum Gasteiger partial charge on any atom is -0.409 e. The Hall–Kier alpha value is -1.62. The average molecular weight is 267 g/mol. The number of hydrogen-bond donors (Lipinski definition) is 2. The molecule has 0 radical (unpaired) electrons. The van der Waals surface area contributed by atoms with Crippen LogP contribution in [0.4, 0.5) is 4.39 Å². The fourth-order valence-electron chi connectivity index (χ4n) is 2.29. The topological polar surface area (TPSA) is 61.8 Å². The van der Waals surface area contributed by atoms with E-state index in [2.05, 4.69) is 23.9 Å². The van der Waals surface area contributed by atoms with Gasteiger partial charge in [-0.15, -0.1) is 0 Å². The maximum absolute atomic E-state index is 13.3. The van der Waals surface area contributed by atoms with Crippen LogP contribution in [-0.4, -0.2) is 29.0 Å². The zero-order chi connectivity index (χ0) is 14.4. The third kappa shape index (κ3) is 3.92. The smallest absolute Gasteiger partial charge is 0.170 e. The number of amidine groups is 1. The normalized spacial score (nSPS) is 12.4. The van der Waals surface area contributed by atoms with E-state index in [1.807, 2.05) is 7.05 Å². The average Bonchev–Trinajstić information content (AvgIpc) is 2.41. The van der Waals surface area contributed by atoms with Crippen molar-refractivity contribution < 1.29 is 9.60 Å². The zero-order valence-corrected chi connectivity index (χ0v) is 11.7. The number of oxime groups is 1. The lowest BCUT2D eigenvalue weighted by atomic mass is 10.0. The molecule has 0 aromatic heterocycles. The van der Waals surface area contributed by atoms with E-state index in [9.17, 15) is 4.39 Å². The highest BCUT2D eigenvalue weighted by Gasteiger charge is 2.15. The number of hydrogen-bond acceptors (Lipinski definition) is 3. The minimum atomic E-state index is -0.393. The molecule has 5 heteroatoms.